The van der Waals surface area contributed by atoms with Gasteiger partial charge in [-0.3, -0.25) is 9.36 Å². The number of nitrogens with zero attached hydrogens (tertiary/aromatic N) is 4. The van der Waals surface area contributed by atoms with Crippen molar-refractivity contribution in [1.29, 1.82) is 0 Å². The molecule has 0 fully saturated rings. The first-order chi connectivity index (χ1) is 13.8. The van der Waals surface area contributed by atoms with Crippen molar-refractivity contribution in [2.24, 2.45) is 0 Å². The fourth-order valence-corrected chi connectivity index (χ4v) is 3.64. The number of hydrogen-bond acceptors (Lipinski definition) is 5. The summed E-state index contributed by atoms with van der Waals surface area (Å²) in [5, 5.41) is 14.8. The summed E-state index contributed by atoms with van der Waals surface area (Å²) in [5.74, 6) is 0.552. The summed E-state index contributed by atoms with van der Waals surface area (Å²) in [6.45, 7) is 9.62. The van der Waals surface area contributed by atoms with E-state index < -0.39 is 0 Å². The average Bonchev–Trinajstić information content (AvgIpc) is 3.00. The third kappa shape index (κ3) is 2.90. The molecule has 1 aromatic carbocycles. The topological polar surface area (TPSA) is 92.9 Å². The number of pyridine rings is 1. The van der Waals surface area contributed by atoms with Crippen LogP contribution in [0, 0.1) is 27.7 Å². The Balaban J connectivity index is 2.20. The van der Waals surface area contributed by atoms with Gasteiger partial charge in [0.15, 0.2) is 5.65 Å². The zero-order valence-corrected chi connectivity index (χ0v) is 17.2. The molecule has 0 saturated carbocycles. The van der Waals surface area contributed by atoms with E-state index >= 15 is 0 Å². The van der Waals surface area contributed by atoms with Crippen LogP contribution in [0.25, 0.3) is 27.8 Å². The standard InChI is InChI=1S/C22H23N5O2/c1-6-17(29)26-20-18-15-9-12(3)14(5)25-21(15)27(22(18)24-10-23-20)19-11(2)7-8-16(28)13(19)4/h7-10,28H,6H2,1-5H3,(H,23,24,26,29). The maximum Gasteiger partial charge on any atom is 0.225 e. The van der Waals surface area contributed by atoms with Crippen molar-refractivity contribution < 1.29 is 9.90 Å². The Morgan fingerprint density at radius 1 is 1.10 bits per heavy atom. The molecule has 0 radical (unpaired) electrons. The summed E-state index contributed by atoms with van der Waals surface area (Å²) in [7, 11) is 0. The highest BCUT2D eigenvalue weighted by Gasteiger charge is 2.22. The number of benzene rings is 1. The number of aromatic hydroxyl groups is 1. The number of amides is 1. The summed E-state index contributed by atoms with van der Waals surface area (Å²) in [6.07, 6.45) is 1.79. The molecule has 7 nitrogen and oxygen atoms in total. The molecular formula is C22H23N5O2. The lowest BCUT2D eigenvalue weighted by Crippen LogP contribution is -2.11. The van der Waals surface area contributed by atoms with Crippen LogP contribution in [-0.4, -0.2) is 30.5 Å². The molecule has 7 heteroatoms. The molecule has 0 aliphatic heterocycles. The lowest BCUT2D eigenvalue weighted by molar-refractivity contribution is -0.115. The number of fused-ring (bicyclic) bond motifs is 3. The molecule has 1 amide bonds. The molecular weight excluding hydrogens is 366 g/mol. The van der Waals surface area contributed by atoms with Crippen LogP contribution in [0.2, 0.25) is 0 Å². The fraction of sp³-hybridized carbons (Fsp3) is 0.273. The maximum absolute atomic E-state index is 12.1. The number of phenolic OH excluding ortho intramolecular Hbond substituents is 1. The van der Waals surface area contributed by atoms with Crippen LogP contribution in [0.15, 0.2) is 24.5 Å². The highest BCUT2D eigenvalue weighted by molar-refractivity contribution is 6.14. The van der Waals surface area contributed by atoms with Crippen molar-refractivity contribution >= 4 is 33.8 Å². The minimum atomic E-state index is -0.118. The zero-order chi connectivity index (χ0) is 20.9. The normalized spacial score (nSPS) is 11.3. The molecule has 29 heavy (non-hydrogen) atoms. The van der Waals surface area contributed by atoms with E-state index in [-0.39, 0.29) is 11.7 Å². The predicted molar refractivity (Wildman–Crippen MR) is 114 cm³/mol. The molecule has 4 rings (SSSR count). The van der Waals surface area contributed by atoms with Crippen LogP contribution in [0.4, 0.5) is 5.82 Å². The highest BCUT2D eigenvalue weighted by Crippen LogP contribution is 2.37. The van der Waals surface area contributed by atoms with Gasteiger partial charge in [-0.15, -0.1) is 0 Å². The first kappa shape index (κ1) is 18.9. The Labute approximate surface area is 168 Å². The van der Waals surface area contributed by atoms with E-state index in [1.54, 1.807) is 13.0 Å². The number of carbonyl (C=O) groups is 1. The minimum absolute atomic E-state index is 0.118. The first-order valence-corrected chi connectivity index (χ1v) is 9.56. The fourth-order valence-electron chi connectivity index (χ4n) is 3.64. The number of rotatable bonds is 3. The van der Waals surface area contributed by atoms with Crippen LogP contribution in [0.3, 0.4) is 0 Å². The van der Waals surface area contributed by atoms with Crippen molar-refractivity contribution in [3.63, 3.8) is 0 Å². The van der Waals surface area contributed by atoms with Gasteiger partial charge in [0.1, 0.15) is 23.5 Å². The van der Waals surface area contributed by atoms with Crippen LogP contribution in [0.5, 0.6) is 5.75 Å². The van der Waals surface area contributed by atoms with E-state index in [4.69, 9.17) is 4.98 Å². The first-order valence-electron chi connectivity index (χ1n) is 9.56. The monoisotopic (exact) mass is 389 g/mol. The van der Waals surface area contributed by atoms with Gasteiger partial charge >= 0.3 is 0 Å². The second-order valence-electron chi connectivity index (χ2n) is 7.30. The molecule has 0 atom stereocenters. The van der Waals surface area contributed by atoms with Gasteiger partial charge < -0.3 is 10.4 Å². The summed E-state index contributed by atoms with van der Waals surface area (Å²) in [5.41, 5.74) is 5.84. The third-order valence-corrected chi connectivity index (χ3v) is 5.37. The van der Waals surface area contributed by atoms with E-state index in [0.717, 1.165) is 38.8 Å². The number of aromatic nitrogens is 4. The Kier molecular flexibility index (Phi) is 4.45. The Morgan fingerprint density at radius 2 is 1.86 bits per heavy atom. The van der Waals surface area contributed by atoms with E-state index in [1.807, 2.05) is 38.3 Å². The lowest BCUT2D eigenvalue weighted by atomic mass is 10.1. The third-order valence-electron chi connectivity index (χ3n) is 5.37. The van der Waals surface area contributed by atoms with Gasteiger partial charge in [-0.05, 0) is 51.0 Å². The molecule has 0 aliphatic carbocycles. The zero-order valence-electron chi connectivity index (χ0n) is 17.2. The summed E-state index contributed by atoms with van der Waals surface area (Å²) >= 11 is 0. The van der Waals surface area contributed by atoms with E-state index in [0.29, 0.717) is 23.5 Å². The van der Waals surface area contributed by atoms with Crippen molar-refractivity contribution in [1.82, 2.24) is 19.5 Å². The summed E-state index contributed by atoms with van der Waals surface area (Å²) in [6, 6.07) is 5.61. The molecule has 148 valence electrons. The molecule has 4 aromatic rings. The van der Waals surface area contributed by atoms with Gasteiger partial charge in [-0.25, -0.2) is 15.0 Å². The van der Waals surface area contributed by atoms with Gasteiger partial charge in [0, 0.05) is 23.1 Å². The average molecular weight is 389 g/mol. The molecule has 0 saturated heterocycles. The van der Waals surface area contributed by atoms with Crippen molar-refractivity contribution in [3.8, 4) is 11.4 Å². The SMILES string of the molecule is CCC(=O)Nc1ncnc2c1c1cc(C)c(C)nc1n2-c1c(C)ccc(O)c1C. The van der Waals surface area contributed by atoms with Crippen LogP contribution in [-0.2, 0) is 4.79 Å². The Morgan fingerprint density at radius 3 is 2.59 bits per heavy atom. The van der Waals surface area contributed by atoms with Gasteiger partial charge in [0.05, 0.1) is 11.1 Å². The lowest BCUT2D eigenvalue weighted by Gasteiger charge is -2.14. The number of aryl methyl sites for hydroxylation is 3. The smallest absolute Gasteiger partial charge is 0.225 e. The molecule has 0 spiro atoms. The minimum Gasteiger partial charge on any atom is -0.508 e. The van der Waals surface area contributed by atoms with Crippen LogP contribution < -0.4 is 5.32 Å². The molecule has 2 N–H and O–H groups in total. The van der Waals surface area contributed by atoms with Gasteiger partial charge in [-0.1, -0.05) is 13.0 Å². The Bertz CT molecular complexity index is 1290. The molecule has 3 heterocycles. The quantitative estimate of drug-likeness (QED) is 0.546. The molecule has 0 bridgehead atoms. The van der Waals surface area contributed by atoms with Crippen molar-refractivity contribution in [2.75, 3.05) is 5.32 Å². The van der Waals surface area contributed by atoms with Crippen LogP contribution >= 0.6 is 0 Å². The maximum atomic E-state index is 12.1. The van der Waals surface area contributed by atoms with E-state index in [2.05, 4.69) is 21.4 Å². The summed E-state index contributed by atoms with van der Waals surface area (Å²) in [4.78, 5) is 25.8. The molecule has 0 unspecified atom stereocenters. The number of anilines is 1. The van der Waals surface area contributed by atoms with E-state index in [1.165, 1.54) is 6.33 Å². The number of hydrogen-bond donors (Lipinski definition) is 2. The molecule has 0 aliphatic rings. The van der Waals surface area contributed by atoms with Crippen molar-refractivity contribution in [2.45, 2.75) is 41.0 Å². The summed E-state index contributed by atoms with van der Waals surface area (Å²) < 4.78 is 1.95. The number of carbonyl (C=O) groups excluding carboxylic acids is 1. The van der Waals surface area contributed by atoms with Gasteiger partial charge in [-0.2, -0.15) is 0 Å². The van der Waals surface area contributed by atoms with Gasteiger partial charge in [0.25, 0.3) is 0 Å². The highest BCUT2D eigenvalue weighted by atomic mass is 16.3. The van der Waals surface area contributed by atoms with Crippen molar-refractivity contribution in [3.05, 3.63) is 46.9 Å². The van der Waals surface area contributed by atoms with Crippen LogP contribution in [0.1, 0.15) is 35.7 Å². The predicted octanol–water partition coefficient (Wildman–Crippen LogP) is 4.26. The number of nitrogens with one attached hydrogen (secondary N) is 1. The molecule has 3 aromatic heterocycles. The second kappa shape index (κ2) is 6.84. The van der Waals surface area contributed by atoms with E-state index in [9.17, 15) is 9.90 Å². The second-order valence-corrected chi connectivity index (χ2v) is 7.30. The van der Waals surface area contributed by atoms with Gasteiger partial charge in [0.2, 0.25) is 5.91 Å². The Hall–Kier alpha value is -3.48. The largest absolute Gasteiger partial charge is 0.508 e. The number of phenols is 1.